The zero-order valence-electron chi connectivity index (χ0n) is 20.2. The molecule has 0 saturated carbocycles. The van der Waals surface area contributed by atoms with Gasteiger partial charge in [-0.2, -0.15) is 0 Å². The van der Waals surface area contributed by atoms with Crippen molar-refractivity contribution in [1.82, 2.24) is 0 Å². The van der Waals surface area contributed by atoms with Crippen LogP contribution in [-0.2, 0) is 0 Å². The normalized spacial score (nSPS) is 10.5. The van der Waals surface area contributed by atoms with Gasteiger partial charge in [-0.25, -0.2) is 26.3 Å². The lowest BCUT2D eigenvalue weighted by atomic mass is 10.1. The highest BCUT2D eigenvalue weighted by atomic mass is 19.2. The van der Waals surface area contributed by atoms with E-state index in [1.165, 1.54) is 24.3 Å². The third-order valence-electron chi connectivity index (χ3n) is 5.64. The van der Waals surface area contributed by atoms with Crippen molar-refractivity contribution < 1.29 is 31.1 Å². The number of hydrogen-bond donors (Lipinski definition) is 0. The molecule has 0 amide bonds. The van der Waals surface area contributed by atoms with E-state index in [0.717, 1.165) is 49.6 Å². The van der Waals surface area contributed by atoms with Gasteiger partial charge in [-0.05, 0) is 42.1 Å². The number of unbranched alkanes of at least 4 members (excludes halogenated alkanes) is 2. The summed E-state index contributed by atoms with van der Waals surface area (Å²) in [5.41, 5.74) is -0.909. The SMILES string of the molecule is CCCCCOc1cc(F)c(C#Cc2cc(F)c(C#Cc3ccc4c(F)c(F)ccc4c3)c(F)c2)c(F)c1. The van der Waals surface area contributed by atoms with Crippen LogP contribution in [0.5, 0.6) is 5.75 Å². The van der Waals surface area contributed by atoms with Gasteiger partial charge in [0, 0.05) is 28.6 Å². The van der Waals surface area contributed by atoms with E-state index < -0.39 is 46.0 Å². The van der Waals surface area contributed by atoms with Crippen molar-refractivity contribution >= 4 is 10.8 Å². The van der Waals surface area contributed by atoms with E-state index in [1.54, 1.807) is 0 Å². The maximum absolute atomic E-state index is 14.6. The predicted octanol–water partition coefficient (Wildman–Crippen LogP) is 8.04. The lowest BCUT2D eigenvalue weighted by molar-refractivity contribution is 0.303. The Morgan fingerprint density at radius 3 is 1.84 bits per heavy atom. The molecule has 38 heavy (non-hydrogen) atoms. The zero-order chi connectivity index (χ0) is 27.2. The highest BCUT2D eigenvalue weighted by Crippen LogP contribution is 2.23. The maximum atomic E-state index is 14.6. The van der Waals surface area contributed by atoms with Crippen molar-refractivity contribution in [3.05, 3.63) is 112 Å². The number of benzene rings is 4. The molecule has 0 atom stereocenters. The van der Waals surface area contributed by atoms with E-state index in [9.17, 15) is 26.3 Å². The first-order valence-corrected chi connectivity index (χ1v) is 11.8. The van der Waals surface area contributed by atoms with Crippen LogP contribution in [0.2, 0.25) is 0 Å². The molecule has 0 bridgehead atoms. The molecule has 4 rings (SSSR count). The number of halogens is 6. The van der Waals surface area contributed by atoms with E-state index in [4.69, 9.17) is 4.74 Å². The van der Waals surface area contributed by atoms with E-state index >= 15 is 0 Å². The molecule has 0 radical (unpaired) electrons. The molecule has 0 aliphatic rings. The van der Waals surface area contributed by atoms with Gasteiger partial charge in [0.1, 0.15) is 29.0 Å². The van der Waals surface area contributed by atoms with Crippen molar-refractivity contribution in [2.75, 3.05) is 6.61 Å². The third-order valence-corrected chi connectivity index (χ3v) is 5.64. The van der Waals surface area contributed by atoms with Gasteiger partial charge in [-0.1, -0.05) is 55.6 Å². The Kier molecular flexibility index (Phi) is 8.28. The van der Waals surface area contributed by atoms with Gasteiger partial charge in [-0.15, -0.1) is 0 Å². The Morgan fingerprint density at radius 1 is 0.605 bits per heavy atom. The van der Waals surface area contributed by atoms with Gasteiger partial charge >= 0.3 is 0 Å². The summed E-state index contributed by atoms with van der Waals surface area (Å²) in [6.07, 6.45) is 2.66. The van der Waals surface area contributed by atoms with Gasteiger partial charge in [0.25, 0.3) is 0 Å². The molecule has 0 spiro atoms. The number of ether oxygens (including phenoxy) is 1. The van der Waals surface area contributed by atoms with E-state index in [2.05, 4.69) is 23.7 Å². The van der Waals surface area contributed by atoms with Crippen molar-refractivity contribution in [3.8, 4) is 29.4 Å². The minimum Gasteiger partial charge on any atom is -0.493 e. The molecule has 0 heterocycles. The molecule has 0 unspecified atom stereocenters. The summed E-state index contributed by atoms with van der Waals surface area (Å²) in [4.78, 5) is 0. The van der Waals surface area contributed by atoms with Gasteiger partial charge in [0.15, 0.2) is 11.6 Å². The molecule has 0 N–H and O–H groups in total. The molecule has 4 aromatic rings. The Hall–Kier alpha value is -4.36. The first kappa shape index (κ1) is 26.7. The zero-order valence-corrected chi connectivity index (χ0v) is 20.2. The minimum atomic E-state index is -1.02. The fraction of sp³-hybridized carbons (Fsp3) is 0.161. The largest absolute Gasteiger partial charge is 0.493 e. The Labute approximate surface area is 216 Å². The lowest BCUT2D eigenvalue weighted by Gasteiger charge is -2.07. The predicted molar refractivity (Wildman–Crippen MR) is 134 cm³/mol. The fourth-order valence-electron chi connectivity index (χ4n) is 3.67. The van der Waals surface area contributed by atoms with E-state index in [0.29, 0.717) is 17.6 Å². The van der Waals surface area contributed by atoms with Crippen LogP contribution in [-0.4, -0.2) is 6.61 Å². The second-order valence-electron chi connectivity index (χ2n) is 8.43. The second-order valence-corrected chi connectivity index (χ2v) is 8.43. The van der Waals surface area contributed by atoms with Crippen molar-refractivity contribution in [2.45, 2.75) is 26.2 Å². The average Bonchev–Trinajstić information content (AvgIpc) is 2.88. The molecular formula is C31H20F6O. The minimum absolute atomic E-state index is 0.0328. The van der Waals surface area contributed by atoms with Gasteiger partial charge in [0.05, 0.1) is 17.7 Å². The molecule has 1 nitrogen and oxygen atoms in total. The highest BCUT2D eigenvalue weighted by molar-refractivity contribution is 5.84. The van der Waals surface area contributed by atoms with Crippen LogP contribution in [0, 0.1) is 58.6 Å². The first-order chi connectivity index (χ1) is 18.3. The van der Waals surface area contributed by atoms with Gasteiger partial charge in [0.2, 0.25) is 0 Å². The monoisotopic (exact) mass is 522 g/mol. The summed E-state index contributed by atoms with van der Waals surface area (Å²) < 4.78 is 90.6. The first-order valence-electron chi connectivity index (χ1n) is 11.8. The highest BCUT2D eigenvalue weighted by Gasteiger charge is 2.12. The lowest BCUT2D eigenvalue weighted by Crippen LogP contribution is -2.00. The van der Waals surface area contributed by atoms with E-state index in [-0.39, 0.29) is 16.7 Å². The molecule has 0 aliphatic heterocycles. The molecule has 192 valence electrons. The Morgan fingerprint density at radius 2 is 1.21 bits per heavy atom. The summed E-state index contributed by atoms with van der Waals surface area (Å²) in [6, 6.07) is 10.4. The molecule has 4 aromatic carbocycles. The van der Waals surface area contributed by atoms with Crippen molar-refractivity contribution in [1.29, 1.82) is 0 Å². The molecule has 0 aliphatic carbocycles. The van der Waals surface area contributed by atoms with Crippen molar-refractivity contribution in [3.63, 3.8) is 0 Å². The van der Waals surface area contributed by atoms with Crippen LogP contribution in [0.4, 0.5) is 26.3 Å². The van der Waals surface area contributed by atoms with Crippen LogP contribution in [0.3, 0.4) is 0 Å². The van der Waals surface area contributed by atoms with Crippen LogP contribution in [0.25, 0.3) is 10.8 Å². The Bertz CT molecular complexity index is 1590. The molecule has 0 fully saturated rings. The number of fused-ring (bicyclic) bond motifs is 1. The standard InChI is InChI=1S/C31H20F6O/c1-2-3-4-13-38-22-17-29(35)25(30(36)18-22)11-7-20-15-27(33)24(28(34)16-20)10-6-19-5-9-23-21(14-19)8-12-26(32)31(23)37/h5,8-9,12,14-18H,2-4,13H2,1H3. The van der Waals surface area contributed by atoms with Crippen LogP contribution >= 0.6 is 0 Å². The van der Waals surface area contributed by atoms with Crippen LogP contribution < -0.4 is 4.74 Å². The summed E-state index contributed by atoms with van der Waals surface area (Å²) >= 11 is 0. The quantitative estimate of drug-likeness (QED) is 0.146. The van der Waals surface area contributed by atoms with Crippen LogP contribution in [0.1, 0.15) is 48.4 Å². The summed E-state index contributed by atoms with van der Waals surface area (Å²) in [6.45, 7) is 2.34. The van der Waals surface area contributed by atoms with Crippen LogP contribution in [0.15, 0.2) is 54.6 Å². The van der Waals surface area contributed by atoms with Crippen molar-refractivity contribution in [2.24, 2.45) is 0 Å². The molecular weight excluding hydrogens is 502 g/mol. The average molecular weight is 522 g/mol. The molecule has 0 saturated heterocycles. The summed E-state index contributed by atoms with van der Waals surface area (Å²) in [7, 11) is 0. The molecule has 7 heteroatoms. The second kappa shape index (κ2) is 11.8. The number of hydrogen-bond acceptors (Lipinski definition) is 1. The third kappa shape index (κ3) is 6.12. The van der Waals surface area contributed by atoms with E-state index in [1.807, 2.05) is 6.92 Å². The fourth-order valence-corrected chi connectivity index (χ4v) is 3.67. The maximum Gasteiger partial charge on any atom is 0.166 e. The van der Waals surface area contributed by atoms with Gasteiger partial charge < -0.3 is 4.74 Å². The summed E-state index contributed by atoms with van der Waals surface area (Å²) in [5.74, 6) is 3.73. The number of rotatable bonds is 5. The Balaban J connectivity index is 1.55. The smallest absolute Gasteiger partial charge is 0.166 e. The summed E-state index contributed by atoms with van der Waals surface area (Å²) in [5, 5.41) is 0.427. The van der Waals surface area contributed by atoms with Gasteiger partial charge in [-0.3, -0.25) is 0 Å². The molecule has 0 aromatic heterocycles. The topological polar surface area (TPSA) is 9.23 Å².